The minimum absolute atomic E-state index is 0.0148. The highest BCUT2D eigenvalue weighted by Gasteiger charge is 2.27. The molecule has 1 saturated heterocycles. The molecule has 1 aliphatic heterocycles. The second-order valence-electron chi connectivity index (χ2n) is 7.52. The molecule has 32 heavy (non-hydrogen) atoms. The summed E-state index contributed by atoms with van der Waals surface area (Å²) in [6.07, 6.45) is 0.844. The third kappa shape index (κ3) is 4.37. The normalized spacial score (nSPS) is 15.0. The first-order valence-electron chi connectivity index (χ1n) is 10.1. The van der Waals surface area contributed by atoms with Gasteiger partial charge in [0.2, 0.25) is 0 Å². The van der Waals surface area contributed by atoms with Crippen LogP contribution >= 0.6 is 0 Å². The first-order chi connectivity index (χ1) is 15.2. The Hall–Kier alpha value is -3.60. The van der Waals surface area contributed by atoms with Gasteiger partial charge in [0.1, 0.15) is 0 Å². The van der Waals surface area contributed by atoms with Crippen molar-refractivity contribution in [2.45, 2.75) is 30.8 Å². The van der Waals surface area contributed by atoms with Gasteiger partial charge in [0, 0.05) is 13.1 Å². The highest BCUT2D eigenvalue weighted by Crippen LogP contribution is 2.23. The van der Waals surface area contributed by atoms with E-state index >= 15 is 0 Å². The standard InChI is InChI=1S/C21H22N4O6S/c1-13(19(26)25-10-4-5-11-25)31-20(27)15-6-2-3-7-16(15)24-32(29,30)14-8-9-17-18(12-14)23-21(28)22-17/h2-3,6-9,12-13,24H,4-5,10-11H2,1H3,(H2,22,23,28)/t13-/m0/s1. The molecule has 1 aliphatic rings. The number of fused-ring (bicyclic) bond motifs is 1. The predicted octanol–water partition coefficient (Wildman–Crippen LogP) is 1.82. The molecule has 1 fully saturated rings. The molecule has 0 spiro atoms. The summed E-state index contributed by atoms with van der Waals surface area (Å²) in [5, 5.41) is 0. The number of hydrogen-bond acceptors (Lipinski definition) is 6. The van der Waals surface area contributed by atoms with Crippen molar-refractivity contribution in [1.82, 2.24) is 14.9 Å². The summed E-state index contributed by atoms with van der Waals surface area (Å²) in [4.78, 5) is 43.2. The lowest BCUT2D eigenvalue weighted by Gasteiger charge is -2.21. The van der Waals surface area contributed by atoms with E-state index in [0.717, 1.165) is 12.8 Å². The van der Waals surface area contributed by atoms with E-state index in [1.165, 1.54) is 37.3 Å². The van der Waals surface area contributed by atoms with Crippen molar-refractivity contribution in [3.8, 4) is 0 Å². The monoisotopic (exact) mass is 458 g/mol. The average molecular weight is 458 g/mol. The maximum atomic E-state index is 12.9. The largest absolute Gasteiger partial charge is 0.449 e. The second-order valence-corrected chi connectivity index (χ2v) is 9.20. The number of likely N-dealkylation sites (tertiary alicyclic amines) is 1. The molecule has 10 nitrogen and oxygen atoms in total. The van der Waals surface area contributed by atoms with Crippen LogP contribution in [-0.2, 0) is 19.6 Å². The number of H-pyrrole nitrogens is 2. The zero-order chi connectivity index (χ0) is 22.9. The summed E-state index contributed by atoms with van der Waals surface area (Å²) in [6.45, 7) is 2.76. The van der Waals surface area contributed by atoms with Gasteiger partial charge >= 0.3 is 11.7 Å². The number of nitrogens with zero attached hydrogens (tertiary/aromatic N) is 1. The molecule has 0 radical (unpaired) electrons. The molecule has 168 valence electrons. The smallest absolute Gasteiger partial charge is 0.341 e. The highest BCUT2D eigenvalue weighted by atomic mass is 32.2. The van der Waals surface area contributed by atoms with E-state index in [0.29, 0.717) is 24.1 Å². The van der Waals surface area contributed by atoms with E-state index in [2.05, 4.69) is 14.7 Å². The zero-order valence-electron chi connectivity index (χ0n) is 17.3. The predicted molar refractivity (Wildman–Crippen MR) is 117 cm³/mol. The van der Waals surface area contributed by atoms with Crippen molar-refractivity contribution < 1.29 is 22.7 Å². The first-order valence-corrected chi connectivity index (χ1v) is 11.6. The molecule has 4 rings (SSSR count). The molecule has 0 aliphatic carbocycles. The van der Waals surface area contributed by atoms with Gasteiger partial charge in [-0.25, -0.2) is 18.0 Å². The molecular formula is C21H22N4O6S. The van der Waals surface area contributed by atoms with E-state index in [1.54, 1.807) is 17.0 Å². The van der Waals surface area contributed by atoms with Crippen LogP contribution in [0.2, 0.25) is 0 Å². The summed E-state index contributed by atoms with van der Waals surface area (Å²) in [6, 6.07) is 10.1. The van der Waals surface area contributed by atoms with Crippen molar-refractivity contribution in [2.24, 2.45) is 0 Å². The van der Waals surface area contributed by atoms with Gasteiger partial charge in [-0.2, -0.15) is 0 Å². The molecule has 11 heteroatoms. The van der Waals surface area contributed by atoms with E-state index in [4.69, 9.17) is 4.74 Å². The van der Waals surface area contributed by atoms with Gasteiger partial charge in [0.25, 0.3) is 15.9 Å². The summed E-state index contributed by atoms with van der Waals surface area (Å²) in [5.74, 6) is -1.09. The van der Waals surface area contributed by atoms with E-state index in [9.17, 15) is 22.8 Å². The highest BCUT2D eigenvalue weighted by molar-refractivity contribution is 7.92. The number of nitrogens with one attached hydrogen (secondary N) is 3. The quantitative estimate of drug-likeness (QED) is 0.481. The van der Waals surface area contributed by atoms with Gasteiger partial charge in [-0.1, -0.05) is 12.1 Å². The number of aromatic nitrogens is 2. The van der Waals surface area contributed by atoms with Crippen molar-refractivity contribution in [2.75, 3.05) is 17.8 Å². The van der Waals surface area contributed by atoms with Crippen LogP contribution in [0.1, 0.15) is 30.1 Å². The fourth-order valence-corrected chi connectivity index (χ4v) is 4.71. The van der Waals surface area contributed by atoms with Crippen molar-refractivity contribution in [3.63, 3.8) is 0 Å². The number of esters is 1. The van der Waals surface area contributed by atoms with Crippen LogP contribution in [0.4, 0.5) is 5.69 Å². The van der Waals surface area contributed by atoms with E-state index in [1.807, 2.05) is 0 Å². The molecule has 0 saturated carbocycles. The van der Waals surface area contributed by atoms with Crippen LogP contribution in [0.3, 0.4) is 0 Å². The number of rotatable bonds is 6. The molecule has 0 bridgehead atoms. The third-order valence-electron chi connectivity index (χ3n) is 5.24. The molecule has 0 unspecified atom stereocenters. The lowest BCUT2D eigenvalue weighted by Crippen LogP contribution is -2.38. The van der Waals surface area contributed by atoms with Crippen LogP contribution in [0, 0.1) is 0 Å². The van der Waals surface area contributed by atoms with Crippen molar-refractivity contribution >= 4 is 38.6 Å². The van der Waals surface area contributed by atoms with Crippen LogP contribution in [0.5, 0.6) is 0 Å². The number of para-hydroxylation sites is 1. The number of imidazole rings is 1. The zero-order valence-corrected chi connectivity index (χ0v) is 18.1. The molecule has 3 aromatic rings. The molecular weight excluding hydrogens is 436 g/mol. The molecule has 1 atom stereocenters. The fraction of sp³-hybridized carbons (Fsp3) is 0.286. The van der Waals surface area contributed by atoms with Gasteiger partial charge in [0.15, 0.2) is 6.10 Å². The Kier molecular flexibility index (Phi) is 5.74. The van der Waals surface area contributed by atoms with E-state index in [-0.39, 0.29) is 22.1 Å². The SMILES string of the molecule is C[C@H](OC(=O)c1ccccc1NS(=O)(=O)c1ccc2[nH]c(=O)[nH]c2c1)C(=O)N1CCCC1. The van der Waals surface area contributed by atoms with Crippen LogP contribution in [0.15, 0.2) is 52.2 Å². The number of benzene rings is 2. The summed E-state index contributed by atoms with van der Waals surface area (Å²) in [7, 11) is -4.08. The third-order valence-corrected chi connectivity index (χ3v) is 6.60. The maximum Gasteiger partial charge on any atom is 0.341 e. The lowest BCUT2D eigenvalue weighted by molar-refractivity contribution is -0.138. The Balaban J connectivity index is 1.55. The summed E-state index contributed by atoms with van der Waals surface area (Å²) in [5.41, 5.74) is 0.344. The van der Waals surface area contributed by atoms with E-state index < -0.39 is 27.8 Å². The molecule has 1 aromatic heterocycles. The van der Waals surface area contributed by atoms with Crippen molar-refractivity contribution in [1.29, 1.82) is 0 Å². The van der Waals surface area contributed by atoms with Gasteiger partial charge in [-0.05, 0) is 50.1 Å². The van der Waals surface area contributed by atoms with Crippen LogP contribution < -0.4 is 10.4 Å². The van der Waals surface area contributed by atoms with Gasteiger partial charge < -0.3 is 19.6 Å². The fourth-order valence-electron chi connectivity index (χ4n) is 3.60. The molecule has 3 N–H and O–H groups in total. The number of amides is 1. The maximum absolute atomic E-state index is 12.9. The molecule has 1 amide bonds. The number of carbonyl (C=O) groups is 2. The second kappa shape index (κ2) is 8.50. The number of aromatic amines is 2. The Morgan fingerprint density at radius 3 is 2.50 bits per heavy atom. The average Bonchev–Trinajstić information content (AvgIpc) is 3.41. The van der Waals surface area contributed by atoms with Gasteiger partial charge in [0.05, 0.1) is 27.2 Å². The topological polar surface area (TPSA) is 141 Å². The molecule has 2 heterocycles. The Morgan fingerprint density at radius 1 is 1.06 bits per heavy atom. The number of ether oxygens (including phenoxy) is 1. The van der Waals surface area contributed by atoms with Gasteiger partial charge in [-0.15, -0.1) is 0 Å². The summed E-state index contributed by atoms with van der Waals surface area (Å²) < 4.78 is 33.5. The van der Waals surface area contributed by atoms with Gasteiger partial charge in [-0.3, -0.25) is 9.52 Å². The first kappa shape index (κ1) is 21.6. The minimum Gasteiger partial charge on any atom is -0.449 e. The Labute approximate surface area is 183 Å². The number of hydrogen-bond donors (Lipinski definition) is 3. The molecule has 2 aromatic carbocycles. The van der Waals surface area contributed by atoms with Crippen molar-refractivity contribution in [3.05, 3.63) is 58.5 Å². The van der Waals surface area contributed by atoms with Crippen LogP contribution in [0.25, 0.3) is 11.0 Å². The summed E-state index contributed by atoms with van der Waals surface area (Å²) >= 11 is 0. The number of sulfonamides is 1. The number of anilines is 1. The Morgan fingerprint density at radius 2 is 1.75 bits per heavy atom. The lowest BCUT2D eigenvalue weighted by atomic mass is 10.2. The van der Waals surface area contributed by atoms with Crippen LogP contribution in [-0.4, -0.2) is 54.4 Å². The number of carbonyl (C=O) groups excluding carboxylic acids is 2. The minimum atomic E-state index is -4.08. The Bertz CT molecular complexity index is 1340.